The second-order valence-electron chi connectivity index (χ2n) is 9.53. The van der Waals surface area contributed by atoms with Gasteiger partial charge < -0.3 is 20.6 Å². The van der Waals surface area contributed by atoms with Crippen LogP contribution in [0.3, 0.4) is 0 Å². The number of aromatic nitrogens is 4. The fraction of sp³-hybridized carbons (Fsp3) is 0.280. The zero-order valence-corrected chi connectivity index (χ0v) is 19.2. The third kappa shape index (κ3) is 3.57. The largest absolute Gasteiger partial charge is 0.391 e. The summed E-state index contributed by atoms with van der Waals surface area (Å²) in [7, 11) is 0. The number of anilines is 4. The number of fused-ring (bicyclic) bond motifs is 2. The van der Waals surface area contributed by atoms with Gasteiger partial charge in [0.25, 0.3) is 0 Å². The molecule has 9 nitrogen and oxygen atoms in total. The normalized spacial score (nSPS) is 20.8. The molecule has 0 saturated carbocycles. The first kappa shape index (κ1) is 21.5. The van der Waals surface area contributed by atoms with Gasteiger partial charge in [0.15, 0.2) is 11.5 Å². The average Bonchev–Trinajstić information content (AvgIpc) is 3.47. The zero-order valence-electron chi connectivity index (χ0n) is 19.2. The monoisotopic (exact) mass is 473 g/mol. The Balaban J connectivity index is 1.33. The Bertz CT molecular complexity index is 1470. The van der Waals surface area contributed by atoms with Crippen LogP contribution in [0.5, 0.6) is 0 Å². The number of carbonyl (C=O) groups is 1. The number of aliphatic hydroxyl groups is 1. The molecule has 2 atom stereocenters. The minimum Gasteiger partial charge on any atom is -0.391 e. The topological polar surface area (TPSA) is 108 Å². The number of aliphatic hydroxyl groups excluding tert-OH is 1. The highest BCUT2D eigenvalue weighted by Crippen LogP contribution is 2.39. The molecular formula is C25H24FN7O2. The molecule has 178 valence electrons. The number of rotatable bonds is 4. The van der Waals surface area contributed by atoms with Crippen LogP contribution in [0.1, 0.15) is 37.4 Å². The van der Waals surface area contributed by atoms with Gasteiger partial charge >= 0.3 is 0 Å². The van der Waals surface area contributed by atoms with Crippen LogP contribution in [-0.4, -0.2) is 43.2 Å². The van der Waals surface area contributed by atoms with Gasteiger partial charge in [-0.05, 0) is 55.7 Å². The lowest BCUT2D eigenvalue weighted by molar-refractivity contribution is -0.119. The number of hydrogen-bond acceptors (Lipinski definition) is 7. The minimum absolute atomic E-state index is 0.0353. The fourth-order valence-electron chi connectivity index (χ4n) is 4.94. The van der Waals surface area contributed by atoms with Crippen molar-refractivity contribution in [2.24, 2.45) is 0 Å². The first-order chi connectivity index (χ1) is 16.8. The van der Waals surface area contributed by atoms with Gasteiger partial charge in [0.2, 0.25) is 11.9 Å². The molecule has 2 aliphatic heterocycles. The highest BCUT2D eigenvalue weighted by atomic mass is 19.1. The third-order valence-electron chi connectivity index (χ3n) is 6.79. The molecule has 6 rings (SSSR count). The van der Waals surface area contributed by atoms with Gasteiger partial charge in [-0.15, -0.1) is 5.10 Å². The predicted molar refractivity (Wildman–Crippen MR) is 129 cm³/mol. The Hall–Kier alpha value is -4.05. The van der Waals surface area contributed by atoms with E-state index in [2.05, 4.69) is 25.7 Å². The average molecular weight is 474 g/mol. The predicted octanol–water partition coefficient (Wildman–Crippen LogP) is 3.55. The van der Waals surface area contributed by atoms with E-state index in [1.807, 2.05) is 43.0 Å². The van der Waals surface area contributed by atoms with Crippen LogP contribution in [0.25, 0.3) is 5.65 Å². The maximum atomic E-state index is 13.9. The summed E-state index contributed by atoms with van der Waals surface area (Å²) in [6.45, 7) is 4.14. The zero-order chi connectivity index (χ0) is 24.3. The summed E-state index contributed by atoms with van der Waals surface area (Å²) in [5.41, 5.74) is 3.15. The van der Waals surface area contributed by atoms with Crippen molar-refractivity contribution in [2.75, 3.05) is 22.1 Å². The molecule has 0 unspecified atom stereocenters. The lowest BCUT2D eigenvalue weighted by atomic mass is 9.86. The van der Waals surface area contributed by atoms with Gasteiger partial charge in [-0.3, -0.25) is 4.79 Å². The Morgan fingerprint density at radius 3 is 2.91 bits per heavy atom. The maximum absolute atomic E-state index is 13.9. The Kier molecular flexibility index (Phi) is 4.75. The number of amides is 1. The van der Waals surface area contributed by atoms with E-state index in [4.69, 9.17) is 0 Å². The summed E-state index contributed by atoms with van der Waals surface area (Å²) in [6.07, 6.45) is 3.22. The molecule has 1 amide bonds. The number of hydrogen-bond donors (Lipinski definition) is 3. The summed E-state index contributed by atoms with van der Waals surface area (Å²) in [4.78, 5) is 23.4. The van der Waals surface area contributed by atoms with Gasteiger partial charge in [0.05, 0.1) is 17.6 Å². The van der Waals surface area contributed by atoms with Crippen LogP contribution in [0.15, 0.2) is 54.9 Å². The molecule has 4 aromatic rings. The quantitative estimate of drug-likeness (QED) is 0.416. The molecular weight excluding hydrogens is 449 g/mol. The number of halogens is 1. The van der Waals surface area contributed by atoms with Crippen LogP contribution in [0.2, 0.25) is 0 Å². The second-order valence-corrected chi connectivity index (χ2v) is 9.53. The molecule has 0 spiro atoms. The smallest absolute Gasteiger partial charge is 0.247 e. The van der Waals surface area contributed by atoms with Crippen molar-refractivity contribution in [3.63, 3.8) is 0 Å². The van der Waals surface area contributed by atoms with E-state index < -0.39 is 11.5 Å². The first-order valence-corrected chi connectivity index (χ1v) is 11.4. The van der Waals surface area contributed by atoms with Crippen LogP contribution >= 0.6 is 0 Å². The summed E-state index contributed by atoms with van der Waals surface area (Å²) in [5, 5.41) is 21.1. The van der Waals surface area contributed by atoms with Crippen LogP contribution < -0.4 is 15.5 Å². The van der Waals surface area contributed by atoms with Crippen molar-refractivity contribution in [2.45, 2.75) is 37.8 Å². The molecule has 0 aliphatic carbocycles. The lowest BCUT2D eigenvalue weighted by Gasteiger charge is -2.25. The van der Waals surface area contributed by atoms with E-state index in [0.29, 0.717) is 30.4 Å². The molecule has 3 N–H and O–H groups in total. The molecule has 0 radical (unpaired) electrons. The second kappa shape index (κ2) is 7.74. The lowest BCUT2D eigenvalue weighted by Crippen LogP contribution is -2.26. The highest BCUT2D eigenvalue weighted by Gasteiger charge is 2.38. The van der Waals surface area contributed by atoms with Crippen LogP contribution in [0.4, 0.5) is 27.5 Å². The van der Waals surface area contributed by atoms with Crippen molar-refractivity contribution in [3.05, 3.63) is 71.8 Å². The standard InChI is InChI=1S/C25H24FN7O2/c1-25(2)18-7-6-16(11-19(18)29-23(25)35)28-24-30-22-21(27-8-9-33(22)31-24)32-13-17(34)12-20(32)14-4-3-5-15(26)10-14/h3-11,17,20,34H,12-13H2,1-2H3,(H,28,31)(H,29,35)/t17-,20-/m1/s1. The molecule has 35 heavy (non-hydrogen) atoms. The van der Waals surface area contributed by atoms with Gasteiger partial charge in [0, 0.05) is 30.3 Å². The summed E-state index contributed by atoms with van der Waals surface area (Å²) >= 11 is 0. The van der Waals surface area contributed by atoms with Gasteiger partial charge in [-0.25, -0.2) is 13.9 Å². The van der Waals surface area contributed by atoms with E-state index in [1.165, 1.54) is 12.1 Å². The molecule has 2 aromatic heterocycles. The number of benzene rings is 2. The van der Waals surface area contributed by atoms with Gasteiger partial charge in [0.1, 0.15) is 5.82 Å². The van der Waals surface area contributed by atoms with Crippen molar-refractivity contribution in [1.82, 2.24) is 19.6 Å². The Morgan fingerprint density at radius 1 is 1.23 bits per heavy atom. The van der Waals surface area contributed by atoms with Crippen molar-refractivity contribution >= 4 is 34.7 Å². The molecule has 10 heteroatoms. The summed E-state index contributed by atoms with van der Waals surface area (Å²) in [6, 6.07) is 11.8. The number of nitrogens with zero attached hydrogens (tertiary/aromatic N) is 5. The molecule has 1 saturated heterocycles. The van der Waals surface area contributed by atoms with Crippen LogP contribution in [-0.2, 0) is 10.2 Å². The molecule has 2 aliphatic rings. The van der Waals surface area contributed by atoms with E-state index in [9.17, 15) is 14.3 Å². The fourth-order valence-corrected chi connectivity index (χ4v) is 4.94. The number of β-amino-alcohol motifs (C(OH)–C–C–N with tert-alkyl or cyclic N) is 1. The summed E-state index contributed by atoms with van der Waals surface area (Å²) in [5.74, 6) is 0.566. The first-order valence-electron chi connectivity index (χ1n) is 11.4. The van der Waals surface area contributed by atoms with Crippen molar-refractivity contribution in [3.8, 4) is 0 Å². The summed E-state index contributed by atoms with van der Waals surface area (Å²) < 4.78 is 15.5. The molecule has 1 fully saturated rings. The molecule has 4 heterocycles. The van der Waals surface area contributed by atoms with E-state index >= 15 is 0 Å². The number of nitrogens with one attached hydrogen (secondary N) is 2. The Morgan fingerprint density at radius 2 is 2.09 bits per heavy atom. The minimum atomic E-state index is -0.575. The molecule has 0 bridgehead atoms. The van der Waals surface area contributed by atoms with Gasteiger partial charge in [-0.2, -0.15) is 4.98 Å². The number of carbonyl (C=O) groups excluding carboxylic acids is 1. The van der Waals surface area contributed by atoms with E-state index in [0.717, 1.165) is 22.5 Å². The maximum Gasteiger partial charge on any atom is 0.247 e. The van der Waals surface area contributed by atoms with Gasteiger partial charge in [-0.1, -0.05) is 18.2 Å². The highest BCUT2D eigenvalue weighted by molar-refractivity contribution is 6.06. The van der Waals surface area contributed by atoms with Crippen LogP contribution in [0, 0.1) is 5.82 Å². The molecule has 2 aromatic carbocycles. The SMILES string of the molecule is CC1(C)C(=O)Nc2cc(Nc3nc4c(N5C[C@H](O)C[C@@H]5c5cccc(F)c5)nccn4n3)ccc21. The van der Waals surface area contributed by atoms with E-state index in [-0.39, 0.29) is 17.8 Å². The van der Waals surface area contributed by atoms with E-state index in [1.54, 1.807) is 23.0 Å². The van der Waals surface area contributed by atoms with Crippen molar-refractivity contribution in [1.29, 1.82) is 0 Å². The third-order valence-corrected chi connectivity index (χ3v) is 6.79. The Labute approximate surface area is 200 Å². The van der Waals surface area contributed by atoms with Crippen molar-refractivity contribution < 1.29 is 14.3 Å².